The van der Waals surface area contributed by atoms with E-state index in [-0.39, 0.29) is 18.1 Å². The van der Waals surface area contributed by atoms with Crippen LogP contribution < -0.4 is 4.74 Å². The van der Waals surface area contributed by atoms with Gasteiger partial charge in [0.1, 0.15) is 5.75 Å². The van der Waals surface area contributed by atoms with Crippen molar-refractivity contribution in [1.82, 2.24) is 4.98 Å². The molecule has 1 aromatic carbocycles. The Morgan fingerprint density at radius 2 is 2.00 bits per heavy atom. The largest absolute Gasteiger partial charge is 0.485 e. The fraction of sp³-hybridized carbons (Fsp3) is 0.267. The minimum atomic E-state index is -0.448. The van der Waals surface area contributed by atoms with Crippen LogP contribution in [-0.2, 0) is 0 Å². The Balaban J connectivity index is 2.06. The van der Waals surface area contributed by atoms with Crippen molar-refractivity contribution in [3.05, 3.63) is 56.9 Å². The molecule has 2 rings (SSSR count). The van der Waals surface area contributed by atoms with Crippen molar-refractivity contribution in [2.45, 2.75) is 20.8 Å². The van der Waals surface area contributed by atoms with Gasteiger partial charge in [-0.2, -0.15) is 0 Å². The Kier molecular flexibility index (Phi) is 4.07. The van der Waals surface area contributed by atoms with E-state index >= 15 is 0 Å². The summed E-state index contributed by atoms with van der Waals surface area (Å²) in [4.78, 5) is 25.4. The first kappa shape index (κ1) is 14.8. The summed E-state index contributed by atoms with van der Waals surface area (Å²) in [5, 5.41) is 10.7. The van der Waals surface area contributed by atoms with Crippen molar-refractivity contribution >= 4 is 11.5 Å². The zero-order chi connectivity index (χ0) is 15.6. The minimum Gasteiger partial charge on any atom is -0.485 e. The molecule has 2 aromatic rings. The molecule has 0 fully saturated rings. The van der Waals surface area contributed by atoms with Gasteiger partial charge in [-0.1, -0.05) is 0 Å². The Morgan fingerprint density at radius 3 is 2.52 bits per heavy atom. The summed E-state index contributed by atoms with van der Waals surface area (Å²) in [6.07, 6.45) is 0. The molecule has 0 aliphatic rings. The highest BCUT2D eigenvalue weighted by molar-refractivity contribution is 5.98. The van der Waals surface area contributed by atoms with E-state index in [9.17, 15) is 14.9 Å². The van der Waals surface area contributed by atoms with Crippen molar-refractivity contribution < 1.29 is 14.5 Å². The first-order chi connectivity index (χ1) is 9.88. The highest BCUT2D eigenvalue weighted by Gasteiger charge is 2.14. The molecule has 6 heteroatoms. The van der Waals surface area contributed by atoms with E-state index in [1.165, 1.54) is 12.1 Å². The van der Waals surface area contributed by atoms with Crippen molar-refractivity contribution in [3.8, 4) is 5.75 Å². The number of H-pyrrole nitrogens is 1. The third-order valence-corrected chi connectivity index (χ3v) is 3.18. The van der Waals surface area contributed by atoms with E-state index in [0.29, 0.717) is 16.9 Å². The van der Waals surface area contributed by atoms with Crippen LogP contribution in [0.15, 0.2) is 24.3 Å². The fourth-order valence-corrected chi connectivity index (χ4v) is 2.16. The van der Waals surface area contributed by atoms with E-state index < -0.39 is 4.92 Å². The number of hydrogen-bond acceptors (Lipinski definition) is 4. The van der Waals surface area contributed by atoms with Gasteiger partial charge in [-0.15, -0.1) is 0 Å². The van der Waals surface area contributed by atoms with E-state index in [0.717, 1.165) is 11.4 Å². The van der Waals surface area contributed by atoms with Gasteiger partial charge in [0.25, 0.3) is 5.69 Å². The zero-order valence-electron chi connectivity index (χ0n) is 12.1. The molecule has 0 aliphatic carbocycles. The molecule has 0 atom stereocenters. The number of rotatable bonds is 5. The molecule has 1 aromatic heterocycles. The number of Topliss-reactive ketones (excluding diaryl/α,β-unsaturated/α-hetero) is 1. The number of aryl methyl sites for hydroxylation is 3. The number of nitrogens with zero attached hydrogens (tertiary/aromatic N) is 1. The van der Waals surface area contributed by atoms with E-state index in [1.54, 1.807) is 19.1 Å². The van der Waals surface area contributed by atoms with Gasteiger partial charge in [0, 0.05) is 28.6 Å². The Bertz CT molecular complexity index is 704. The average molecular weight is 288 g/mol. The molecule has 0 spiro atoms. The molecule has 1 heterocycles. The first-order valence-corrected chi connectivity index (χ1v) is 6.45. The third kappa shape index (κ3) is 3.28. The number of benzene rings is 1. The number of ether oxygens (including phenoxy) is 1. The highest BCUT2D eigenvalue weighted by Crippen LogP contribution is 2.23. The van der Waals surface area contributed by atoms with Gasteiger partial charge < -0.3 is 9.72 Å². The second kappa shape index (κ2) is 5.78. The first-order valence-electron chi connectivity index (χ1n) is 6.45. The smallest absolute Gasteiger partial charge is 0.272 e. The Morgan fingerprint density at radius 1 is 1.29 bits per heavy atom. The highest BCUT2D eigenvalue weighted by atomic mass is 16.6. The van der Waals surface area contributed by atoms with Gasteiger partial charge in [0.15, 0.2) is 6.61 Å². The van der Waals surface area contributed by atoms with Gasteiger partial charge in [-0.05, 0) is 39.0 Å². The molecule has 1 N–H and O–H groups in total. The average Bonchev–Trinajstić information content (AvgIpc) is 2.74. The van der Waals surface area contributed by atoms with Crippen molar-refractivity contribution in [3.63, 3.8) is 0 Å². The summed E-state index contributed by atoms with van der Waals surface area (Å²) in [6.45, 7) is 5.24. The van der Waals surface area contributed by atoms with E-state index in [2.05, 4.69) is 4.98 Å². The van der Waals surface area contributed by atoms with Crippen molar-refractivity contribution in [2.24, 2.45) is 0 Å². The molecule has 6 nitrogen and oxygen atoms in total. The van der Waals surface area contributed by atoms with Crippen LogP contribution in [0.25, 0.3) is 0 Å². The van der Waals surface area contributed by atoms with Gasteiger partial charge in [0.2, 0.25) is 5.78 Å². The lowest BCUT2D eigenvalue weighted by Gasteiger charge is -2.06. The summed E-state index contributed by atoms with van der Waals surface area (Å²) in [6, 6.07) is 6.21. The second-order valence-electron chi connectivity index (χ2n) is 4.91. The predicted molar refractivity (Wildman–Crippen MR) is 77.9 cm³/mol. The van der Waals surface area contributed by atoms with Crippen LogP contribution in [0.1, 0.15) is 27.3 Å². The fourth-order valence-electron chi connectivity index (χ4n) is 2.16. The molecule has 0 unspecified atom stereocenters. The van der Waals surface area contributed by atoms with Gasteiger partial charge in [-0.25, -0.2) is 0 Å². The van der Waals surface area contributed by atoms with Crippen molar-refractivity contribution in [2.75, 3.05) is 6.61 Å². The molecule has 0 amide bonds. The SMILES string of the molecule is Cc1cc(C(=O)COc2ccc([N+](=O)[O-])c(C)c2)c(C)[nH]1. The number of aromatic amines is 1. The Hall–Kier alpha value is -2.63. The topological polar surface area (TPSA) is 85.2 Å². The Labute approximate surface area is 121 Å². The molecule has 21 heavy (non-hydrogen) atoms. The van der Waals surface area contributed by atoms with Crippen LogP contribution in [0.5, 0.6) is 5.75 Å². The van der Waals surface area contributed by atoms with Gasteiger partial charge >= 0.3 is 0 Å². The lowest BCUT2D eigenvalue weighted by Crippen LogP contribution is -2.12. The summed E-state index contributed by atoms with van der Waals surface area (Å²) in [5.41, 5.74) is 2.86. The second-order valence-corrected chi connectivity index (χ2v) is 4.91. The van der Waals surface area contributed by atoms with Crippen LogP contribution in [0, 0.1) is 30.9 Å². The number of nitro benzene ring substituents is 1. The zero-order valence-corrected chi connectivity index (χ0v) is 12.1. The van der Waals surface area contributed by atoms with E-state index in [1.807, 2.05) is 13.8 Å². The summed E-state index contributed by atoms with van der Waals surface area (Å²) >= 11 is 0. The molecule has 0 aliphatic heterocycles. The maximum Gasteiger partial charge on any atom is 0.272 e. The van der Waals surface area contributed by atoms with E-state index in [4.69, 9.17) is 4.74 Å². The number of carbonyl (C=O) groups excluding carboxylic acids is 1. The molecule has 0 saturated heterocycles. The number of aromatic nitrogens is 1. The third-order valence-electron chi connectivity index (χ3n) is 3.18. The molecule has 0 bridgehead atoms. The summed E-state index contributed by atoms with van der Waals surface area (Å²) in [7, 11) is 0. The summed E-state index contributed by atoms with van der Waals surface area (Å²) < 4.78 is 5.42. The molecular formula is C15H16N2O4. The van der Waals surface area contributed by atoms with Crippen LogP contribution >= 0.6 is 0 Å². The molecular weight excluding hydrogens is 272 g/mol. The number of ketones is 1. The lowest BCUT2D eigenvalue weighted by molar-refractivity contribution is -0.385. The standard InChI is InChI=1S/C15H16N2O4/c1-9-6-12(4-5-14(9)17(19)20)21-8-15(18)13-7-10(2)16-11(13)3/h4-7,16H,8H2,1-3H3. The number of nitrogens with one attached hydrogen (secondary N) is 1. The maximum atomic E-state index is 12.1. The molecule has 0 saturated carbocycles. The van der Waals surface area contributed by atoms with Crippen LogP contribution in [-0.4, -0.2) is 22.3 Å². The number of nitro groups is 1. The maximum absolute atomic E-state index is 12.1. The monoisotopic (exact) mass is 288 g/mol. The quantitative estimate of drug-likeness (QED) is 0.520. The number of carbonyl (C=O) groups is 1. The van der Waals surface area contributed by atoms with Crippen LogP contribution in [0.4, 0.5) is 5.69 Å². The van der Waals surface area contributed by atoms with Crippen LogP contribution in [0.3, 0.4) is 0 Å². The molecule has 110 valence electrons. The van der Waals surface area contributed by atoms with Gasteiger partial charge in [-0.3, -0.25) is 14.9 Å². The summed E-state index contributed by atoms with van der Waals surface area (Å²) in [5.74, 6) is 0.309. The van der Waals surface area contributed by atoms with Gasteiger partial charge in [0.05, 0.1) is 4.92 Å². The van der Waals surface area contributed by atoms with Crippen molar-refractivity contribution in [1.29, 1.82) is 0 Å². The molecule has 0 radical (unpaired) electrons. The number of hydrogen-bond donors (Lipinski definition) is 1. The predicted octanol–water partition coefficient (Wildman–Crippen LogP) is 3.11. The normalized spacial score (nSPS) is 10.4. The van der Waals surface area contributed by atoms with Crippen LogP contribution in [0.2, 0.25) is 0 Å². The minimum absolute atomic E-state index is 0.0331. The lowest BCUT2D eigenvalue weighted by atomic mass is 10.1.